The highest BCUT2D eigenvalue weighted by Crippen LogP contribution is 2.33. The van der Waals surface area contributed by atoms with Crippen molar-refractivity contribution in [2.45, 2.75) is 72.4 Å². The number of hydrogen-bond acceptors (Lipinski definition) is 8. The Balaban J connectivity index is 1.69. The van der Waals surface area contributed by atoms with Crippen molar-refractivity contribution in [3.8, 4) is 11.6 Å². The topological polar surface area (TPSA) is 87.6 Å². The molecular formula is C28H40N3O5S+. The van der Waals surface area contributed by atoms with Gasteiger partial charge in [-0.3, -0.25) is 14.1 Å². The first-order valence-electron chi connectivity index (χ1n) is 13.2. The molecule has 0 fully saturated rings. The van der Waals surface area contributed by atoms with Gasteiger partial charge in [0.2, 0.25) is 6.23 Å². The third-order valence-corrected chi connectivity index (χ3v) is 7.07. The van der Waals surface area contributed by atoms with Gasteiger partial charge in [0.15, 0.2) is 0 Å². The lowest BCUT2D eigenvalue weighted by Crippen LogP contribution is -2.58. The van der Waals surface area contributed by atoms with Crippen molar-refractivity contribution in [2.75, 3.05) is 26.7 Å². The molecule has 0 spiro atoms. The van der Waals surface area contributed by atoms with Crippen molar-refractivity contribution < 1.29 is 28.3 Å². The molecule has 2 aromatic rings. The standard InChI is InChI=1S/C28H40N3O5S/c1-6-7-8-11-17-34-27-26(29-37-30-27)23-14-12-16-31(5,19-23)28(20(2)3)36-25(33)18-22-13-9-10-15-24(22)35-21(4)32/h9-10,13-15,20,28H,6-8,11-12,16-19H2,1-5H3/q+1. The van der Waals surface area contributed by atoms with Gasteiger partial charge >= 0.3 is 11.9 Å². The molecule has 0 amide bonds. The third-order valence-electron chi connectivity index (χ3n) is 6.56. The zero-order valence-electron chi connectivity index (χ0n) is 22.7. The van der Waals surface area contributed by atoms with Gasteiger partial charge in [-0.2, -0.15) is 4.37 Å². The van der Waals surface area contributed by atoms with Crippen LogP contribution < -0.4 is 9.47 Å². The number of para-hydroxylation sites is 1. The molecule has 2 unspecified atom stereocenters. The first-order valence-corrected chi connectivity index (χ1v) is 13.9. The molecule has 202 valence electrons. The molecule has 37 heavy (non-hydrogen) atoms. The Bertz CT molecular complexity index is 1080. The Morgan fingerprint density at radius 1 is 1.14 bits per heavy atom. The van der Waals surface area contributed by atoms with E-state index in [1.807, 2.05) is 6.07 Å². The van der Waals surface area contributed by atoms with Gasteiger partial charge in [-0.15, -0.1) is 4.37 Å². The fourth-order valence-corrected chi connectivity index (χ4v) is 5.37. The Morgan fingerprint density at radius 2 is 1.92 bits per heavy atom. The SMILES string of the molecule is CCCCCCOc1nsnc1C1=CCC[N+](C)(C(OC(=O)Cc2ccccc2OC(C)=O)C(C)C)C1. The van der Waals surface area contributed by atoms with E-state index in [0.29, 0.717) is 34.8 Å². The van der Waals surface area contributed by atoms with Crippen LogP contribution >= 0.6 is 11.7 Å². The van der Waals surface area contributed by atoms with Gasteiger partial charge in [0.05, 0.1) is 38.3 Å². The summed E-state index contributed by atoms with van der Waals surface area (Å²) in [7, 11) is 2.13. The van der Waals surface area contributed by atoms with Crippen molar-refractivity contribution in [2.24, 2.45) is 5.92 Å². The van der Waals surface area contributed by atoms with Crippen LogP contribution in [0, 0.1) is 5.92 Å². The first kappa shape index (κ1) is 28.8. The molecule has 1 aromatic carbocycles. The predicted molar refractivity (Wildman–Crippen MR) is 144 cm³/mol. The molecule has 1 aromatic heterocycles. The van der Waals surface area contributed by atoms with E-state index in [1.54, 1.807) is 18.2 Å². The summed E-state index contributed by atoms with van der Waals surface area (Å²) < 4.78 is 26.9. The van der Waals surface area contributed by atoms with Crippen LogP contribution in [0.25, 0.3) is 5.57 Å². The van der Waals surface area contributed by atoms with Gasteiger partial charge in [0.1, 0.15) is 18.0 Å². The number of esters is 2. The van der Waals surface area contributed by atoms with Crippen LogP contribution in [0.5, 0.6) is 11.6 Å². The molecule has 2 atom stereocenters. The van der Waals surface area contributed by atoms with Crippen LogP contribution in [0.1, 0.15) is 71.1 Å². The third kappa shape index (κ3) is 8.10. The van der Waals surface area contributed by atoms with Crippen LogP contribution in [0.4, 0.5) is 0 Å². The zero-order chi connectivity index (χ0) is 26.8. The van der Waals surface area contributed by atoms with E-state index in [4.69, 9.17) is 14.2 Å². The number of ether oxygens (including phenoxy) is 3. The predicted octanol–water partition coefficient (Wildman–Crippen LogP) is 5.42. The summed E-state index contributed by atoms with van der Waals surface area (Å²) in [6, 6.07) is 7.05. The number of benzene rings is 1. The summed E-state index contributed by atoms with van der Waals surface area (Å²) in [5.41, 5.74) is 2.50. The highest BCUT2D eigenvalue weighted by atomic mass is 32.1. The molecule has 0 saturated carbocycles. The van der Waals surface area contributed by atoms with E-state index in [1.165, 1.54) is 31.5 Å². The lowest BCUT2D eigenvalue weighted by molar-refractivity contribution is -0.950. The Morgan fingerprint density at radius 3 is 2.65 bits per heavy atom. The number of likely N-dealkylation sites (N-methyl/N-ethyl adjacent to an activating group) is 1. The number of rotatable bonds is 13. The second kappa shape index (κ2) is 13.7. The maximum atomic E-state index is 13.1. The number of aromatic nitrogens is 2. The van der Waals surface area contributed by atoms with Gasteiger partial charge in [-0.05, 0) is 12.5 Å². The average Bonchev–Trinajstić information content (AvgIpc) is 3.32. The van der Waals surface area contributed by atoms with Gasteiger partial charge in [0.25, 0.3) is 5.88 Å². The van der Waals surface area contributed by atoms with Crippen LogP contribution in [0.2, 0.25) is 0 Å². The van der Waals surface area contributed by atoms with E-state index in [0.717, 1.165) is 37.1 Å². The van der Waals surface area contributed by atoms with Gasteiger partial charge < -0.3 is 14.2 Å². The number of quaternary nitrogens is 1. The van der Waals surface area contributed by atoms with Gasteiger partial charge in [-0.25, -0.2) is 0 Å². The molecule has 1 aliphatic rings. The highest BCUT2D eigenvalue weighted by Gasteiger charge is 2.41. The minimum Gasteiger partial charge on any atom is -0.475 e. The Hall–Kier alpha value is -2.78. The molecule has 0 radical (unpaired) electrons. The molecule has 0 aliphatic carbocycles. The maximum Gasteiger partial charge on any atom is 0.314 e. The van der Waals surface area contributed by atoms with Crippen molar-refractivity contribution in [1.82, 2.24) is 8.75 Å². The van der Waals surface area contributed by atoms with Crippen molar-refractivity contribution >= 4 is 29.2 Å². The van der Waals surface area contributed by atoms with E-state index in [-0.39, 0.29) is 24.5 Å². The van der Waals surface area contributed by atoms with E-state index >= 15 is 0 Å². The lowest BCUT2D eigenvalue weighted by atomic mass is 10.0. The molecule has 0 N–H and O–H groups in total. The molecule has 3 rings (SSSR count). The number of hydrogen-bond donors (Lipinski definition) is 0. The average molecular weight is 531 g/mol. The first-order chi connectivity index (χ1) is 17.7. The summed E-state index contributed by atoms with van der Waals surface area (Å²) in [6.07, 6.45) is 7.27. The second-order valence-corrected chi connectivity index (χ2v) is 10.7. The quantitative estimate of drug-likeness (QED) is 0.148. The van der Waals surface area contributed by atoms with Crippen molar-refractivity contribution in [3.63, 3.8) is 0 Å². The van der Waals surface area contributed by atoms with Crippen molar-refractivity contribution in [1.29, 1.82) is 0 Å². The summed E-state index contributed by atoms with van der Waals surface area (Å²) in [6.45, 7) is 9.82. The van der Waals surface area contributed by atoms with Crippen LogP contribution in [-0.2, 0) is 20.7 Å². The summed E-state index contributed by atoms with van der Waals surface area (Å²) in [4.78, 5) is 24.5. The van der Waals surface area contributed by atoms with Gasteiger partial charge in [0, 0.05) is 30.4 Å². The molecule has 1 aliphatic heterocycles. The van der Waals surface area contributed by atoms with E-state index < -0.39 is 5.97 Å². The molecule has 0 saturated heterocycles. The van der Waals surface area contributed by atoms with Crippen LogP contribution in [-0.4, -0.2) is 58.1 Å². The van der Waals surface area contributed by atoms with Crippen molar-refractivity contribution in [3.05, 3.63) is 41.6 Å². The zero-order valence-corrected chi connectivity index (χ0v) is 23.5. The Labute approximate surface area is 224 Å². The highest BCUT2D eigenvalue weighted by molar-refractivity contribution is 6.99. The number of unbranched alkanes of at least 4 members (excludes halogenated alkanes) is 3. The van der Waals surface area contributed by atoms with Crippen LogP contribution in [0.3, 0.4) is 0 Å². The molecule has 2 heterocycles. The smallest absolute Gasteiger partial charge is 0.314 e. The fourth-order valence-electron chi connectivity index (χ4n) is 4.84. The fraction of sp³-hybridized carbons (Fsp3) is 0.571. The minimum atomic E-state index is -0.424. The summed E-state index contributed by atoms with van der Waals surface area (Å²) in [5, 5.41) is 0. The van der Waals surface area contributed by atoms with E-state index in [9.17, 15) is 9.59 Å². The van der Waals surface area contributed by atoms with Gasteiger partial charge in [-0.1, -0.05) is 64.3 Å². The molecule has 8 nitrogen and oxygen atoms in total. The molecule has 9 heteroatoms. The molecular weight excluding hydrogens is 490 g/mol. The Kier molecular flexibility index (Phi) is 10.6. The monoisotopic (exact) mass is 530 g/mol. The number of carbonyl (C=O) groups is 2. The maximum absolute atomic E-state index is 13.1. The number of carbonyl (C=O) groups excluding carboxylic acids is 2. The van der Waals surface area contributed by atoms with Crippen LogP contribution in [0.15, 0.2) is 30.3 Å². The number of nitrogens with zero attached hydrogens (tertiary/aromatic N) is 3. The largest absolute Gasteiger partial charge is 0.475 e. The van der Waals surface area contributed by atoms with E-state index in [2.05, 4.69) is 42.6 Å². The second-order valence-electron chi connectivity index (χ2n) is 10.2. The summed E-state index contributed by atoms with van der Waals surface area (Å²) >= 11 is 1.17. The minimum absolute atomic E-state index is 0.0292. The molecule has 0 bridgehead atoms. The lowest BCUT2D eigenvalue weighted by Gasteiger charge is -2.44. The normalized spacial score (nSPS) is 18.3. The summed E-state index contributed by atoms with van der Waals surface area (Å²) in [5.74, 6) is 0.309.